The fourth-order valence-electron chi connectivity index (χ4n) is 6.61. The minimum atomic E-state index is -0.893. The van der Waals surface area contributed by atoms with Crippen LogP contribution in [0.2, 0.25) is 0 Å². The maximum atomic E-state index is 12.1. The first-order valence-corrected chi connectivity index (χ1v) is 13.2. The summed E-state index contributed by atoms with van der Waals surface area (Å²) in [5.74, 6) is -0.214. The molecule has 4 atom stereocenters. The van der Waals surface area contributed by atoms with E-state index >= 15 is 0 Å². The zero-order valence-electron chi connectivity index (χ0n) is 21.0. The van der Waals surface area contributed by atoms with Gasteiger partial charge < -0.3 is 24.2 Å². The number of rotatable bonds is 7. The lowest BCUT2D eigenvalue weighted by Gasteiger charge is -2.47. The van der Waals surface area contributed by atoms with Crippen LogP contribution in [0.3, 0.4) is 0 Å². The van der Waals surface area contributed by atoms with Crippen molar-refractivity contribution in [2.45, 2.75) is 109 Å². The summed E-state index contributed by atoms with van der Waals surface area (Å²) < 4.78 is 18.3. The Kier molecular flexibility index (Phi) is 6.79. The fourth-order valence-corrected chi connectivity index (χ4v) is 6.61. The van der Waals surface area contributed by atoms with Gasteiger partial charge in [0.25, 0.3) is 0 Å². The first-order valence-electron chi connectivity index (χ1n) is 13.2. The van der Waals surface area contributed by atoms with Gasteiger partial charge in [-0.15, -0.1) is 0 Å². The summed E-state index contributed by atoms with van der Waals surface area (Å²) in [6.45, 7) is 11.1. The summed E-state index contributed by atoms with van der Waals surface area (Å²) in [4.78, 5) is 17.0. The van der Waals surface area contributed by atoms with Crippen molar-refractivity contribution in [3.63, 3.8) is 0 Å². The summed E-state index contributed by atoms with van der Waals surface area (Å²) in [5, 5.41) is 9.93. The van der Waals surface area contributed by atoms with Crippen LogP contribution >= 0.6 is 0 Å². The van der Waals surface area contributed by atoms with Crippen LogP contribution in [-0.4, -0.2) is 78.2 Å². The number of hydrogen-bond donors (Lipinski definition) is 1. The van der Waals surface area contributed by atoms with E-state index in [0.29, 0.717) is 35.6 Å². The second-order valence-corrected chi connectivity index (χ2v) is 10.9. The molecule has 0 amide bonds. The highest BCUT2D eigenvalue weighted by Crippen LogP contribution is 2.40. The number of aromatic carboxylic acids is 1. The van der Waals surface area contributed by atoms with Crippen LogP contribution in [0.25, 0.3) is 0 Å². The van der Waals surface area contributed by atoms with E-state index in [0.717, 1.165) is 69.4 Å². The number of nitrogens with zero attached hydrogens (tertiary/aromatic N) is 2. The van der Waals surface area contributed by atoms with Gasteiger partial charge in [-0.3, -0.25) is 4.90 Å². The number of fused-ring (bicyclic) bond motifs is 2. The summed E-state index contributed by atoms with van der Waals surface area (Å²) in [6, 6.07) is 4.70. The van der Waals surface area contributed by atoms with Crippen LogP contribution in [0.15, 0.2) is 12.1 Å². The van der Waals surface area contributed by atoms with E-state index in [2.05, 4.69) is 36.6 Å². The molecule has 7 heteroatoms. The SMILES string of the molecule is CCN(c1cc(OC2CC(N3C[C@@H](C)O[C@@H](C)C3)C2)cc(C(=O)O)c1C)C1CC2CCC(C1)O2. The lowest BCUT2D eigenvalue weighted by molar-refractivity contribution is -0.103. The summed E-state index contributed by atoms with van der Waals surface area (Å²) in [6.07, 6.45) is 7.61. The second kappa shape index (κ2) is 9.67. The molecule has 2 bridgehead atoms. The summed E-state index contributed by atoms with van der Waals surface area (Å²) in [7, 11) is 0. The standard InChI is InChI=1S/C27H40N2O5/c1-5-29(20-10-21-6-7-22(11-20)33-21)26-13-24(12-25(18(26)4)27(30)31)34-23-8-19(9-23)28-14-16(2)32-17(3)15-28/h12-13,16-17,19-23H,5-11,14-15H2,1-4H3,(H,30,31)/t16-,17+,19?,20?,21?,22?,23?. The third-order valence-electron chi connectivity index (χ3n) is 8.28. The van der Waals surface area contributed by atoms with Crippen LogP contribution in [0.5, 0.6) is 5.75 Å². The molecule has 34 heavy (non-hydrogen) atoms. The Morgan fingerprint density at radius 1 is 1.09 bits per heavy atom. The van der Waals surface area contributed by atoms with Crippen LogP contribution in [0.1, 0.15) is 75.2 Å². The van der Waals surface area contributed by atoms with Gasteiger partial charge in [0, 0.05) is 56.3 Å². The Balaban J connectivity index is 1.31. The number of ether oxygens (including phenoxy) is 3. The third-order valence-corrected chi connectivity index (χ3v) is 8.28. The lowest BCUT2D eigenvalue weighted by Crippen LogP contribution is -2.56. The number of benzene rings is 1. The van der Waals surface area contributed by atoms with Crippen molar-refractivity contribution in [3.05, 3.63) is 23.3 Å². The van der Waals surface area contributed by atoms with Crippen LogP contribution in [0.4, 0.5) is 5.69 Å². The average Bonchev–Trinajstić information content (AvgIpc) is 3.09. The van der Waals surface area contributed by atoms with Gasteiger partial charge in [-0.05, 0) is 65.0 Å². The maximum Gasteiger partial charge on any atom is 0.336 e. The third kappa shape index (κ3) is 4.79. The molecule has 0 aromatic heterocycles. The highest BCUT2D eigenvalue weighted by atomic mass is 16.5. The molecule has 1 aromatic carbocycles. The molecule has 7 nitrogen and oxygen atoms in total. The van der Waals surface area contributed by atoms with E-state index < -0.39 is 5.97 Å². The Hall–Kier alpha value is -1.83. The quantitative estimate of drug-likeness (QED) is 0.636. The largest absolute Gasteiger partial charge is 0.490 e. The normalized spacial score (nSPS) is 35.6. The van der Waals surface area contributed by atoms with Gasteiger partial charge >= 0.3 is 5.97 Å². The summed E-state index contributed by atoms with van der Waals surface area (Å²) >= 11 is 0. The van der Waals surface area contributed by atoms with E-state index in [1.807, 2.05) is 6.92 Å². The Morgan fingerprint density at radius 3 is 2.32 bits per heavy atom. The molecule has 1 aromatic rings. The van der Waals surface area contributed by atoms with E-state index in [4.69, 9.17) is 14.2 Å². The van der Waals surface area contributed by atoms with Crippen LogP contribution in [0, 0.1) is 6.92 Å². The zero-order valence-corrected chi connectivity index (χ0v) is 21.0. The molecular formula is C27H40N2O5. The number of carboxylic acids is 1. The van der Waals surface area contributed by atoms with Crippen molar-refractivity contribution in [2.75, 3.05) is 24.5 Å². The van der Waals surface area contributed by atoms with E-state index in [1.54, 1.807) is 6.07 Å². The molecule has 3 saturated heterocycles. The fraction of sp³-hybridized carbons (Fsp3) is 0.741. The van der Waals surface area contributed by atoms with Gasteiger partial charge in [0.2, 0.25) is 0 Å². The first kappa shape index (κ1) is 23.9. The average molecular weight is 473 g/mol. The summed E-state index contributed by atoms with van der Waals surface area (Å²) in [5.41, 5.74) is 2.16. The van der Waals surface area contributed by atoms with E-state index in [9.17, 15) is 9.90 Å². The lowest BCUT2D eigenvalue weighted by atomic mass is 9.87. The Labute approximate surface area is 203 Å². The number of anilines is 1. The van der Waals surface area contributed by atoms with Gasteiger partial charge in [0.05, 0.1) is 30.0 Å². The molecule has 4 aliphatic rings. The van der Waals surface area contributed by atoms with Crippen molar-refractivity contribution in [2.24, 2.45) is 0 Å². The molecule has 5 rings (SSSR count). The zero-order chi connectivity index (χ0) is 24.0. The minimum Gasteiger partial charge on any atom is -0.490 e. The maximum absolute atomic E-state index is 12.1. The number of hydrogen-bond acceptors (Lipinski definition) is 6. The number of morpholine rings is 1. The molecule has 3 heterocycles. The number of carbonyl (C=O) groups is 1. The monoisotopic (exact) mass is 472 g/mol. The van der Waals surface area contributed by atoms with Gasteiger partial charge in [0.1, 0.15) is 11.9 Å². The number of carboxylic acid groups (broad SMARTS) is 1. The predicted molar refractivity (Wildman–Crippen MR) is 131 cm³/mol. The Bertz CT molecular complexity index is 879. The van der Waals surface area contributed by atoms with Gasteiger partial charge in [-0.1, -0.05) is 0 Å². The molecule has 3 aliphatic heterocycles. The molecule has 1 N–H and O–H groups in total. The first-order chi connectivity index (χ1) is 16.3. The second-order valence-electron chi connectivity index (χ2n) is 10.9. The van der Waals surface area contributed by atoms with Crippen molar-refractivity contribution < 1.29 is 24.1 Å². The minimum absolute atomic E-state index is 0.129. The molecule has 0 radical (unpaired) electrons. The highest BCUT2D eigenvalue weighted by Gasteiger charge is 2.40. The molecule has 1 aliphatic carbocycles. The van der Waals surface area contributed by atoms with Crippen LogP contribution < -0.4 is 9.64 Å². The van der Waals surface area contributed by atoms with Crippen molar-refractivity contribution >= 4 is 11.7 Å². The predicted octanol–water partition coefficient (Wildman–Crippen LogP) is 4.25. The topological polar surface area (TPSA) is 71.5 Å². The van der Waals surface area contributed by atoms with E-state index in [1.165, 1.54) is 0 Å². The van der Waals surface area contributed by atoms with Crippen LogP contribution in [-0.2, 0) is 9.47 Å². The van der Waals surface area contributed by atoms with E-state index in [-0.39, 0.29) is 18.3 Å². The molecule has 4 fully saturated rings. The molecule has 2 unspecified atom stereocenters. The highest BCUT2D eigenvalue weighted by molar-refractivity contribution is 5.92. The molecule has 188 valence electrons. The molecule has 0 spiro atoms. The Morgan fingerprint density at radius 2 is 1.74 bits per heavy atom. The van der Waals surface area contributed by atoms with Crippen molar-refractivity contribution in [1.82, 2.24) is 4.90 Å². The van der Waals surface area contributed by atoms with Crippen molar-refractivity contribution in [1.29, 1.82) is 0 Å². The van der Waals surface area contributed by atoms with Gasteiger partial charge in [-0.25, -0.2) is 4.79 Å². The molecular weight excluding hydrogens is 432 g/mol. The van der Waals surface area contributed by atoms with Gasteiger partial charge in [-0.2, -0.15) is 0 Å². The smallest absolute Gasteiger partial charge is 0.336 e. The van der Waals surface area contributed by atoms with Gasteiger partial charge in [0.15, 0.2) is 0 Å². The molecule has 1 saturated carbocycles. The van der Waals surface area contributed by atoms with Crippen molar-refractivity contribution in [3.8, 4) is 5.75 Å².